The van der Waals surface area contributed by atoms with Crippen molar-refractivity contribution in [2.24, 2.45) is 9.98 Å². The van der Waals surface area contributed by atoms with Crippen molar-refractivity contribution >= 4 is 88.3 Å². The first kappa shape index (κ1) is 33.7. The van der Waals surface area contributed by atoms with E-state index < -0.39 is 6.17 Å². The largest absolute Gasteiger partial charge is 0.456 e. The lowest BCUT2D eigenvalue weighted by Gasteiger charge is -2.24. The van der Waals surface area contributed by atoms with Crippen molar-refractivity contribution in [3.8, 4) is 22.3 Å². The molecule has 3 aromatic heterocycles. The number of furan rings is 3. The molecule has 0 fully saturated rings. The topological polar surface area (TPSA) is 76.2 Å². The number of nitrogens with zero attached hydrogens (tertiary/aromatic N) is 2. The maximum atomic E-state index is 6.65. The predicted octanol–water partition coefficient (Wildman–Crippen LogP) is 14.4. The molecule has 0 amide bonds. The number of rotatable bonds is 5. The average molecular weight is 784 g/mol. The molecule has 6 nitrogen and oxygen atoms in total. The van der Waals surface area contributed by atoms with E-state index in [1.54, 1.807) is 0 Å². The lowest BCUT2D eigenvalue weighted by atomic mass is 9.94. The van der Waals surface area contributed by atoms with Gasteiger partial charge in [-0.05, 0) is 93.7 Å². The highest BCUT2D eigenvalue weighted by atomic mass is 16.3. The molecule has 1 unspecified atom stereocenters. The van der Waals surface area contributed by atoms with Gasteiger partial charge in [-0.25, -0.2) is 9.98 Å². The standard InChI is InChI=1S/C55H33N3O3/c1-2-11-32(12-3-1)36-26-27-42(38-14-5-4-13-37(36)38)54-56-53(35-23-28-48-45(29-35)40-16-7-9-19-47(40)59-48)57-55(58-54)44-17-10-20-49-52(44)43-25-22-34(31-51(43)61-49)33-21-24-41-39-15-6-8-18-46(39)60-50(41)30-33/h1-31,55H,(H,56,57,58). The summed E-state index contributed by atoms with van der Waals surface area (Å²) in [7, 11) is 0. The van der Waals surface area contributed by atoms with Crippen LogP contribution in [0.1, 0.15) is 22.9 Å². The molecule has 0 saturated heterocycles. The van der Waals surface area contributed by atoms with E-state index in [2.05, 4.69) is 139 Å². The van der Waals surface area contributed by atoms with E-state index in [0.29, 0.717) is 0 Å². The predicted molar refractivity (Wildman–Crippen MR) is 248 cm³/mol. The second kappa shape index (κ2) is 13.1. The van der Waals surface area contributed by atoms with Crippen LogP contribution in [0.5, 0.6) is 0 Å². The van der Waals surface area contributed by atoms with Crippen LogP contribution in [0, 0.1) is 0 Å². The molecule has 0 saturated carbocycles. The van der Waals surface area contributed by atoms with Crippen LogP contribution in [-0.2, 0) is 0 Å². The number of para-hydroxylation sites is 2. The van der Waals surface area contributed by atoms with Gasteiger partial charge in [0.2, 0.25) is 0 Å². The SMILES string of the molecule is c1ccc(-c2ccc(C3=NC(c4cccc5oc6cc(-c7ccc8c(c7)oc7ccccc78)ccc6c45)N=C(c4ccc5oc6ccccc6c5c4)N3)c3ccccc23)cc1. The van der Waals surface area contributed by atoms with Crippen LogP contribution in [0.15, 0.2) is 211 Å². The fraction of sp³-hybridized carbons (Fsp3) is 0.0182. The van der Waals surface area contributed by atoms with E-state index >= 15 is 0 Å². The zero-order chi connectivity index (χ0) is 40.0. The van der Waals surface area contributed by atoms with Gasteiger partial charge in [0.1, 0.15) is 45.2 Å². The average Bonchev–Trinajstić information content (AvgIpc) is 4.01. The van der Waals surface area contributed by atoms with E-state index in [9.17, 15) is 0 Å². The number of hydrogen-bond acceptors (Lipinski definition) is 6. The Balaban J connectivity index is 0.974. The maximum absolute atomic E-state index is 6.65. The highest BCUT2D eigenvalue weighted by molar-refractivity contribution is 6.22. The monoisotopic (exact) mass is 783 g/mol. The van der Waals surface area contributed by atoms with Gasteiger partial charge in [0.25, 0.3) is 0 Å². The Morgan fingerprint density at radius 1 is 0.328 bits per heavy atom. The molecule has 0 spiro atoms. The molecule has 61 heavy (non-hydrogen) atoms. The van der Waals surface area contributed by atoms with Crippen LogP contribution in [0.3, 0.4) is 0 Å². The lowest BCUT2D eigenvalue weighted by molar-refractivity contribution is 0.667. The van der Waals surface area contributed by atoms with Crippen molar-refractivity contribution < 1.29 is 13.3 Å². The second-order valence-corrected chi connectivity index (χ2v) is 15.7. The molecule has 0 aliphatic carbocycles. The molecule has 9 aromatic carbocycles. The molecule has 0 bridgehead atoms. The van der Waals surface area contributed by atoms with E-state index in [1.165, 1.54) is 11.1 Å². The number of benzene rings is 9. The number of aliphatic imine (C=N–C) groups is 2. The summed E-state index contributed by atoms with van der Waals surface area (Å²) < 4.78 is 19.1. The summed E-state index contributed by atoms with van der Waals surface area (Å²) >= 11 is 0. The molecule has 1 aliphatic heterocycles. The molecule has 286 valence electrons. The zero-order valence-electron chi connectivity index (χ0n) is 32.6. The summed E-state index contributed by atoms with van der Waals surface area (Å²) in [4.78, 5) is 10.8. The van der Waals surface area contributed by atoms with Crippen LogP contribution in [0.4, 0.5) is 0 Å². The van der Waals surface area contributed by atoms with Gasteiger partial charge in [-0.1, -0.05) is 127 Å². The number of fused-ring (bicyclic) bond motifs is 10. The third-order valence-electron chi connectivity index (χ3n) is 12.2. The smallest absolute Gasteiger partial charge is 0.170 e. The molecule has 1 aliphatic rings. The first-order chi connectivity index (χ1) is 30.2. The quantitative estimate of drug-likeness (QED) is 0.189. The van der Waals surface area contributed by atoms with Crippen molar-refractivity contribution in [2.45, 2.75) is 6.17 Å². The van der Waals surface area contributed by atoms with Gasteiger partial charge in [-0.15, -0.1) is 0 Å². The molecule has 13 rings (SSSR count). The zero-order valence-corrected chi connectivity index (χ0v) is 32.6. The molecule has 1 atom stereocenters. The van der Waals surface area contributed by atoms with E-state index in [0.717, 1.165) is 116 Å². The summed E-state index contributed by atoms with van der Waals surface area (Å²) in [6, 6.07) is 65.1. The first-order valence-electron chi connectivity index (χ1n) is 20.5. The summed E-state index contributed by atoms with van der Waals surface area (Å²) in [5, 5.41) is 12.3. The number of hydrogen-bond donors (Lipinski definition) is 1. The Morgan fingerprint density at radius 2 is 0.869 bits per heavy atom. The van der Waals surface area contributed by atoms with Gasteiger partial charge in [0.15, 0.2) is 6.17 Å². The molecule has 6 heteroatoms. The van der Waals surface area contributed by atoms with Crippen molar-refractivity contribution in [3.63, 3.8) is 0 Å². The second-order valence-electron chi connectivity index (χ2n) is 15.7. The van der Waals surface area contributed by atoms with Crippen LogP contribution in [0.2, 0.25) is 0 Å². The van der Waals surface area contributed by atoms with Gasteiger partial charge in [-0.2, -0.15) is 0 Å². The van der Waals surface area contributed by atoms with Crippen molar-refractivity contribution in [1.29, 1.82) is 0 Å². The van der Waals surface area contributed by atoms with Crippen molar-refractivity contribution in [1.82, 2.24) is 5.32 Å². The third-order valence-corrected chi connectivity index (χ3v) is 12.2. The third kappa shape index (κ3) is 5.36. The minimum absolute atomic E-state index is 0.574. The van der Waals surface area contributed by atoms with Crippen LogP contribution >= 0.6 is 0 Å². The molecule has 4 heterocycles. The van der Waals surface area contributed by atoms with Gasteiger partial charge in [0.05, 0.1) is 0 Å². The van der Waals surface area contributed by atoms with Crippen LogP contribution in [0.25, 0.3) is 98.8 Å². The lowest BCUT2D eigenvalue weighted by Crippen LogP contribution is -2.36. The Bertz CT molecular complexity index is 3810. The van der Waals surface area contributed by atoms with E-state index in [1.807, 2.05) is 54.6 Å². The summed E-state index contributed by atoms with van der Waals surface area (Å²) in [6.45, 7) is 0. The molecular formula is C55H33N3O3. The summed E-state index contributed by atoms with van der Waals surface area (Å²) in [5.41, 5.74) is 12.4. The van der Waals surface area contributed by atoms with Gasteiger partial charge in [-0.3, -0.25) is 0 Å². The van der Waals surface area contributed by atoms with Crippen LogP contribution < -0.4 is 5.32 Å². The Kier molecular flexibility index (Phi) is 7.27. The number of nitrogens with one attached hydrogen (secondary N) is 1. The minimum Gasteiger partial charge on any atom is -0.456 e. The minimum atomic E-state index is -0.574. The van der Waals surface area contributed by atoms with Crippen molar-refractivity contribution in [2.75, 3.05) is 0 Å². The fourth-order valence-electron chi connectivity index (χ4n) is 9.27. The normalized spacial score (nSPS) is 14.4. The Labute approximate surface area is 348 Å². The van der Waals surface area contributed by atoms with Gasteiger partial charge >= 0.3 is 0 Å². The van der Waals surface area contributed by atoms with E-state index in [-0.39, 0.29) is 0 Å². The molecule has 0 radical (unpaired) electrons. The fourth-order valence-corrected chi connectivity index (χ4v) is 9.27. The first-order valence-corrected chi connectivity index (χ1v) is 20.5. The molecule has 12 aromatic rings. The highest BCUT2D eigenvalue weighted by Crippen LogP contribution is 2.41. The van der Waals surface area contributed by atoms with Crippen LogP contribution in [-0.4, -0.2) is 11.7 Å². The summed E-state index contributed by atoms with van der Waals surface area (Å²) in [5.74, 6) is 1.47. The number of amidine groups is 2. The van der Waals surface area contributed by atoms with Gasteiger partial charge in [0, 0.05) is 49.0 Å². The van der Waals surface area contributed by atoms with Gasteiger partial charge < -0.3 is 18.6 Å². The maximum Gasteiger partial charge on any atom is 0.170 e. The Hall–Kier alpha value is -8.22. The Morgan fingerprint density at radius 3 is 1.66 bits per heavy atom. The molecule has 1 N–H and O–H groups in total. The van der Waals surface area contributed by atoms with Crippen molar-refractivity contribution in [3.05, 3.63) is 205 Å². The summed E-state index contributed by atoms with van der Waals surface area (Å²) in [6.07, 6.45) is -0.574. The molecular weight excluding hydrogens is 751 g/mol. The van der Waals surface area contributed by atoms with E-state index in [4.69, 9.17) is 23.2 Å². The highest BCUT2D eigenvalue weighted by Gasteiger charge is 2.26.